The Morgan fingerprint density at radius 1 is 1.10 bits per heavy atom. The van der Waals surface area contributed by atoms with Gasteiger partial charge in [0.15, 0.2) is 0 Å². The molecule has 2 N–H and O–H groups in total. The Labute approximate surface area is 120 Å². The Morgan fingerprint density at radius 3 is 2.25 bits per heavy atom. The average molecular weight is 270 g/mol. The summed E-state index contributed by atoms with van der Waals surface area (Å²) >= 11 is 0. The molecule has 0 saturated heterocycles. The maximum absolute atomic E-state index is 9.71. The Balaban J connectivity index is 2.42. The van der Waals surface area contributed by atoms with Crippen LogP contribution in [0.1, 0.15) is 37.7 Å². The summed E-state index contributed by atoms with van der Waals surface area (Å²) in [5, 5.41) is 19.2. The molecule has 0 bridgehead atoms. The highest BCUT2D eigenvalue weighted by molar-refractivity contribution is 5.43. The fraction of sp³-hybridized carbons (Fsp3) is 0.333. The van der Waals surface area contributed by atoms with Crippen LogP contribution in [0.25, 0.3) is 0 Å². The number of benzene rings is 1. The van der Waals surface area contributed by atoms with E-state index in [0.29, 0.717) is 0 Å². The summed E-state index contributed by atoms with van der Waals surface area (Å²) in [6.45, 7) is 7.76. The van der Waals surface area contributed by atoms with E-state index in [1.54, 1.807) is 18.2 Å². The third-order valence-electron chi connectivity index (χ3n) is 4.27. The number of phenolic OH excluding ortho intramolecular Hbond substituents is 1. The van der Waals surface area contributed by atoms with Crippen molar-refractivity contribution >= 4 is 0 Å². The number of allylic oxidation sites excluding steroid dienone is 3. The Hall–Kier alpha value is -1.96. The van der Waals surface area contributed by atoms with Gasteiger partial charge in [-0.25, -0.2) is 0 Å². The van der Waals surface area contributed by atoms with Crippen LogP contribution < -0.4 is 0 Å². The minimum atomic E-state index is -0.136. The van der Waals surface area contributed by atoms with Gasteiger partial charge in [-0.15, -0.1) is 0 Å². The zero-order valence-corrected chi connectivity index (χ0v) is 11.8. The van der Waals surface area contributed by atoms with E-state index < -0.39 is 0 Å². The van der Waals surface area contributed by atoms with Gasteiger partial charge >= 0.3 is 0 Å². The summed E-state index contributed by atoms with van der Waals surface area (Å²) in [7, 11) is 0. The summed E-state index contributed by atoms with van der Waals surface area (Å²) in [5.74, 6) is 0.425. The molecule has 2 nitrogen and oxygen atoms in total. The van der Waals surface area contributed by atoms with Crippen LogP contribution in [-0.4, -0.2) is 10.2 Å². The van der Waals surface area contributed by atoms with Gasteiger partial charge in [-0.3, -0.25) is 0 Å². The van der Waals surface area contributed by atoms with Gasteiger partial charge in [0, 0.05) is 5.41 Å². The molecule has 2 rings (SSSR count). The zero-order chi connectivity index (χ0) is 14.6. The maximum atomic E-state index is 9.71. The molecule has 2 heteroatoms. The molecule has 1 aliphatic rings. The minimum absolute atomic E-state index is 0.136. The number of aliphatic hydroxyl groups is 1. The van der Waals surface area contributed by atoms with E-state index in [1.165, 1.54) is 12.5 Å². The van der Waals surface area contributed by atoms with E-state index >= 15 is 0 Å². The second kappa shape index (κ2) is 6.00. The van der Waals surface area contributed by atoms with Crippen LogP contribution in [0.15, 0.2) is 60.9 Å². The standard InChI is InChI=1S/C18H22O2/c1-3-16(19)13-14(2)18(11-5-4-6-12-18)15-7-9-17(20)10-8-15/h3,7-10,13,19-20H,1-2,4-6,11-12H2/b16-13+. The molecule has 0 radical (unpaired) electrons. The SMILES string of the molecule is C=C/C(O)=C\C(=C)C1(c2ccc(O)cc2)CCCCC1. The maximum Gasteiger partial charge on any atom is 0.115 e. The fourth-order valence-corrected chi connectivity index (χ4v) is 3.11. The Bertz CT molecular complexity index is 517. The van der Waals surface area contributed by atoms with Gasteiger partial charge in [0.2, 0.25) is 0 Å². The van der Waals surface area contributed by atoms with Gasteiger partial charge in [0.05, 0.1) is 0 Å². The van der Waals surface area contributed by atoms with Gasteiger partial charge in [-0.05, 0) is 48.3 Å². The zero-order valence-electron chi connectivity index (χ0n) is 11.8. The molecule has 106 valence electrons. The Kier molecular flexibility index (Phi) is 4.33. The van der Waals surface area contributed by atoms with E-state index in [-0.39, 0.29) is 16.9 Å². The third-order valence-corrected chi connectivity index (χ3v) is 4.27. The molecule has 0 aliphatic heterocycles. The van der Waals surface area contributed by atoms with Crippen LogP contribution in [0.5, 0.6) is 5.75 Å². The first-order chi connectivity index (χ1) is 9.58. The van der Waals surface area contributed by atoms with Crippen molar-refractivity contribution in [3.8, 4) is 5.75 Å². The lowest BCUT2D eigenvalue weighted by atomic mass is 9.65. The molecule has 1 aromatic rings. The topological polar surface area (TPSA) is 40.5 Å². The van der Waals surface area contributed by atoms with Crippen LogP contribution in [0.3, 0.4) is 0 Å². The number of phenols is 1. The molecule has 1 aliphatic carbocycles. The van der Waals surface area contributed by atoms with Crippen LogP contribution >= 0.6 is 0 Å². The van der Waals surface area contributed by atoms with Gasteiger partial charge < -0.3 is 10.2 Å². The van der Waals surface area contributed by atoms with Crippen LogP contribution in [-0.2, 0) is 5.41 Å². The van der Waals surface area contributed by atoms with E-state index in [2.05, 4.69) is 13.2 Å². The molecule has 1 aromatic carbocycles. The molecule has 0 spiro atoms. The van der Waals surface area contributed by atoms with Crippen molar-refractivity contribution in [2.45, 2.75) is 37.5 Å². The highest BCUT2D eigenvalue weighted by Crippen LogP contribution is 2.45. The first-order valence-corrected chi connectivity index (χ1v) is 7.10. The van der Waals surface area contributed by atoms with Gasteiger partial charge in [-0.1, -0.05) is 44.6 Å². The Morgan fingerprint density at radius 2 is 1.70 bits per heavy atom. The average Bonchev–Trinajstić information content (AvgIpc) is 2.48. The highest BCUT2D eigenvalue weighted by atomic mass is 16.3. The molecule has 0 amide bonds. The lowest BCUT2D eigenvalue weighted by molar-refractivity contribution is 0.343. The monoisotopic (exact) mass is 270 g/mol. The number of hydrogen-bond donors (Lipinski definition) is 2. The smallest absolute Gasteiger partial charge is 0.115 e. The second-order valence-corrected chi connectivity index (χ2v) is 5.49. The molecule has 0 atom stereocenters. The fourth-order valence-electron chi connectivity index (χ4n) is 3.11. The molecule has 0 aromatic heterocycles. The van der Waals surface area contributed by atoms with Crippen molar-refractivity contribution in [2.24, 2.45) is 0 Å². The van der Waals surface area contributed by atoms with E-state index in [4.69, 9.17) is 0 Å². The van der Waals surface area contributed by atoms with Crippen LogP contribution in [0, 0.1) is 0 Å². The van der Waals surface area contributed by atoms with E-state index in [9.17, 15) is 10.2 Å². The van der Waals surface area contributed by atoms with E-state index in [0.717, 1.165) is 36.8 Å². The van der Waals surface area contributed by atoms with Crippen LogP contribution in [0.4, 0.5) is 0 Å². The number of aromatic hydroxyl groups is 1. The predicted molar refractivity (Wildman–Crippen MR) is 82.9 cm³/mol. The lowest BCUT2D eigenvalue weighted by Gasteiger charge is -2.39. The van der Waals surface area contributed by atoms with Crippen LogP contribution in [0.2, 0.25) is 0 Å². The molecule has 1 fully saturated rings. The summed E-state index contributed by atoms with van der Waals surface area (Å²) in [6.07, 6.45) is 8.74. The van der Waals surface area contributed by atoms with Crippen molar-refractivity contribution in [1.29, 1.82) is 0 Å². The summed E-state index contributed by atoms with van der Waals surface area (Å²) in [6, 6.07) is 7.36. The van der Waals surface area contributed by atoms with Gasteiger partial charge in [-0.2, -0.15) is 0 Å². The highest BCUT2D eigenvalue weighted by Gasteiger charge is 2.35. The van der Waals surface area contributed by atoms with Gasteiger partial charge in [0.25, 0.3) is 0 Å². The molecule has 20 heavy (non-hydrogen) atoms. The van der Waals surface area contributed by atoms with Crippen molar-refractivity contribution in [2.75, 3.05) is 0 Å². The quantitative estimate of drug-likeness (QED) is 0.610. The first kappa shape index (κ1) is 14.4. The normalized spacial score (nSPS) is 18.5. The number of rotatable bonds is 4. The summed E-state index contributed by atoms with van der Waals surface area (Å²) in [4.78, 5) is 0. The summed E-state index contributed by atoms with van der Waals surface area (Å²) in [5.41, 5.74) is 1.94. The largest absolute Gasteiger partial charge is 0.508 e. The first-order valence-electron chi connectivity index (χ1n) is 7.10. The second-order valence-electron chi connectivity index (χ2n) is 5.49. The molecular formula is C18H22O2. The van der Waals surface area contributed by atoms with Crippen molar-refractivity contribution in [1.82, 2.24) is 0 Å². The molecule has 0 unspecified atom stereocenters. The summed E-state index contributed by atoms with van der Waals surface area (Å²) < 4.78 is 0. The van der Waals surface area contributed by atoms with Crippen molar-refractivity contribution in [3.63, 3.8) is 0 Å². The molecular weight excluding hydrogens is 248 g/mol. The number of hydrogen-bond acceptors (Lipinski definition) is 2. The molecule has 1 saturated carbocycles. The van der Waals surface area contributed by atoms with E-state index in [1.807, 2.05) is 12.1 Å². The van der Waals surface area contributed by atoms with Crippen molar-refractivity contribution in [3.05, 3.63) is 66.5 Å². The predicted octanol–water partition coefficient (Wildman–Crippen LogP) is 4.78. The number of aliphatic hydroxyl groups excluding tert-OH is 1. The van der Waals surface area contributed by atoms with Crippen molar-refractivity contribution < 1.29 is 10.2 Å². The van der Waals surface area contributed by atoms with Gasteiger partial charge in [0.1, 0.15) is 11.5 Å². The third kappa shape index (κ3) is 2.79. The minimum Gasteiger partial charge on any atom is -0.508 e. The lowest BCUT2D eigenvalue weighted by Crippen LogP contribution is -2.30. The molecule has 0 heterocycles.